The van der Waals surface area contributed by atoms with Gasteiger partial charge in [-0.3, -0.25) is 37.6 Å². The maximum Gasteiger partial charge on any atom is 0.490 e. The molecule has 2 amide bonds. The SMILES string of the molecule is CCN1c2cc3c(cc2C(CS(=O)(=O)O)=CC1(C)C)C(c1ccccc1C(=O)N(C)CCCC(=O)NCC#Cc1cn([C@H]2CC[C@@H](COP(=O)(O)OP(=O)(O)OP(=O)(O)O)O2)c(=O)[nH]c1=O)=c1cc2c(cc1O3)=[N+](CC)C(C)(C)C=C2CS(=O)(=O)O. The van der Waals surface area contributed by atoms with E-state index in [1.165, 1.54) is 4.90 Å². The quantitative estimate of drug-likeness (QED) is 0.0226. The Morgan fingerprint density at radius 1 is 0.872 bits per heavy atom. The first-order valence-electron chi connectivity index (χ1n) is 26.6. The summed E-state index contributed by atoms with van der Waals surface area (Å²) >= 11 is 0. The summed E-state index contributed by atoms with van der Waals surface area (Å²) in [5.74, 6) is 3.62. The highest BCUT2D eigenvalue weighted by molar-refractivity contribution is 7.86. The number of hydrogen-bond acceptors (Lipinski definition) is 17. The number of aromatic nitrogens is 2. The molecule has 8 rings (SSSR count). The van der Waals surface area contributed by atoms with E-state index in [1.807, 2.05) is 53.7 Å². The van der Waals surface area contributed by atoms with Gasteiger partial charge in [0.1, 0.15) is 41.3 Å². The molecule has 464 valence electrons. The molecular weight excluding hydrogens is 1230 g/mol. The zero-order valence-electron chi connectivity index (χ0n) is 47.4. The molecule has 5 heterocycles. The van der Waals surface area contributed by atoms with Crippen molar-refractivity contribution in [3.8, 4) is 23.3 Å². The molecule has 4 aliphatic heterocycles. The van der Waals surface area contributed by atoms with Gasteiger partial charge in [-0.2, -0.15) is 25.5 Å². The molecule has 4 aromatic rings. The molecule has 1 saturated heterocycles. The third-order valence-electron chi connectivity index (χ3n) is 14.5. The Bertz CT molecular complexity index is 4240. The van der Waals surface area contributed by atoms with Gasteiger partial charge in [0, 0.05) is 85.8 Å². The first kappa shape index (κ1) is 65.7. The molecule has 28 nitrogen and oxygen atoms in total. The number of nitrogens with one attached hydrogen (secondary N) is 2. The Balaban J connectivity index is 1.02. The number of rotatable bonds is 21. The smallest absolute Gasteiger partial charge is 0.456 e. The number of carbonyl (C=O) groups is 2. The molecule has 0 spiro atoms. The average molecular weight is 1290 g/mol. The minimum atomic E-state index is -5.76. The zero-order chi connectivity index (χ0) is 63.3. The van der Waals surface area contributed by atoms with Crippen molar-refractivity contribution in [2.45, 2.75) is 90.6 Å². The Kier molecular flexibility index (Phi) is 18.9. The number of likely N-dealkylation sites (N-methyl/N-ethyl adjacent to an activating group) is 2. The van der Waals surface area contributed by atoms with Crippen molar-refractivity contribution in [2.75, 3.05) is 56.2 Å². The fraction of sp³-hybridized carbons (Fsp3) is 0.415. The second kappa shape index (κ2) is 24.7. The van der Waals surface area contributed by atoms with Crippen molar-refractivity contribution in [2.24, 2.45) is 0 Å². The van der Waals surface area contributed by atoms with Crippen LogP contribution in [-0.2, 0) is 56.6 Å². The Morgan fingerprint density at radius 2 is 1.55 bits per heavy atom. The summed E-state index contributed by atoms with van der Waals surface area (Å²) in [5.41, 5.74) is 0.392. The maximum absolute atomic E-state index is 14.8. The monoisotopic (exact) mass is 1290 g/mol. The lowest BCUT2D eigenvalue weighted by atomic mass is 9.83. The largest absolute Gasteiger partial charge is 0.490 e. The highest BCUT2D eigenvalue weighted by Gasteiger charge is 2.43. The molecule has 0 bridgehead atoms. The first-order valence-corrected chi connectivity index (χ1v) is 34.3. The maximum atomic E-state index is 14.8. The van der Waals surface area contributed by atoms with Crippen molar-refractivity contribution in [3.05, 3.63) is 132 Å². The van der Waals surface area contributed by atoms with Crippen LogP contribution in [0.5, 0.6) is 11.5 Å². The van der Waals surface area contributed by atoms with Crippen LogP contribution in [0.2, 0.25) is 0 Å². The van der Waals surface area contributed by atoms with Gasteiger partial charge in [0.05, 0.1) is 36.4 Å². The molecule has 3 aromatic carbocycles. The van der Waals surface area contributed by atoms with Gasteiger partial charge in [-0.25, -0.2) is 23.1 Å². The minimum Gasteiger partial charge on any atom is -0.456 e. The van der Waals surface area contributed by atoms with E-state index in [-0.39, 0.29) is 49.9 Å². The van der Waals surface area contributed by atoms with Gasteiger partial charge in [0.25, 0.3) is 31.7 Å². The van der Waals surface area contributed by atoms with E-state index in [4.69, 9.17) is 19.3 Å². The molecule has 4 aliphatic rings. The van der Waals surface area contributed by atoms with Gasteiger partial charge >= 0.3 is 29.2 Å². The predicted octanol–water partition coefficient (Wildman–Crippen LogP) is 3.39. The van der Waals surface area contributed by atoms with Gasteiger partial charge in [0.2, 0.25) is 11.3 Å². The third kappa shape index (κ3) is 15.4. The Hall–Kier alpha value is -6.22. The first-order chi connectivity index (χ1) is 39.9. The lowest BCUT2D eigenvalue weighted by Gasteiger charge is -2.43. The number of fused-ring (bicyclic) bond motifs is 4. The van der Waals surface area contributed by atoms with Crippen LogP contribution in [0.1, 0.15) is 112 Å². The van der Waals surface area contributed by atoms with Gasteiger partial charge in [-0.1, -0.05) is 36.1 Å². The van der Waals surface area contributed by atoms with Crippen LogP contribution < -0.4 is 41.4 Å². The van der Waals surface area contributed by atoms with Crippen LogP contribution in [0.15, 0.2) is 76.5 Å². The van der Waals surface area contributed by atoms with Crippen molar-refractivity contribution < 1.29 is 91.4 Å². The highest BCUT2D eigenvalue weighted by atomic mass is 32.2. The molecular formula is C53H64N6O22P3S2+. The van der Waals surface area contributed by atoms with Gasteiger partial charge in [-0.05, 0) is 87.9 Å². The van der Waals surface area contributed by atoms with Crippen molar-refractivity contribution in [1.29, 1.82) is 0 Å². The number of phosphoric ester groups is 1. The second-order valence-corrected chi connectivity index (χ2v) is 29.0. The number of anilines is 1. The van der Waals surface area contributed by atoms with Crippen LogP contribution in [-0.4, -0.2) is 140 Å². The van der Waals surface area contributed by atoms with E-state index in [1.54, 1.807) is 55.6 Å². The highest BCUT2D eigenvalue weighted by Crippen LogP contribution is 2.66. The number of carbonyl (C=O) groups excluding carboxylic acids is 2. The number of benzene rings is 3. The molecule has 1 aromatic heterocycles. The topological polar surface area (TPSA) is 398 Å². The van der Waals surface area contributed by atoms with E-state index in [0.717, 1.165) is 10.8 Å². The van der Waals surface area contributed by atoms with E-state index in [0.29, 0.717) is 79.8 Å². The number of aromatic amines is 1. The lowest BCUT2D eigenvalue weighted by Crippen LogP contribution is -2.50. The van der Waals surface area contributed by atoms with Crippen molar-refractivity contribution >= 4 is 77.9 Å². The van der Waals surface area contributed by atoms with Crippen molar-refractivity contribution in [1.82, 2.24) is 24.3 Å². The fourth-order valence-corrected chi connectivity index (χ4v) is 15.4. The van der Waals surface area contributed by atoms with Gasteiger partial charge < -0.3 is 44.2 Å². The Labute approximate surface area is 493 Å². The van der Waals surface area contributed by atoms with Crippen LogP contribution >= 0.6 is 23.5 Å². The predicted molar refractivity (Wildman–Crippen MR) is 312 cm³/mol. The molecule has 0 saturated carbocycles. The molecule has 0 radical (unpaired) electrons. The van der Waals surface area contributed by atoms with Crippen LogP contribution in [0.4, 0.5) is 5.69 Å². The number of amides is 2. The molecule has 0 aliphatic carbocycles. The molecule has 4 atom stereocenters. The average Bonchev–Trinajstić information content (AvgIpc) is 0.799. The Morgan fingerprint density at radius 3 is 2.20 bits per heavy atom. The van der Waals surface area contributed by atoms with E-state index < -0.39 is 108 Å². The second-order valence-electron chi connectivity index (χ2n) is 21.6. The van der Waals surface area contributed by atoms with Crippen LogP contribution in [0.25, 0.3) is 16.7 Å². The zero-order valence-corrected chi connectivity index (χ0v) is 51.8. The van der Waals surface area contributed by atoms with Gasteiger partial charge in [0.15, 0.2) is 5.54 Å². The number of nitrogens with zero attached hydrogens (tertiary/aromatic N) is 4. The standard InChI is InChI=1S/C53H63N6O22P3S2/c1-8-58-42-24-44-40(22-38(42)33(26-52(58,3)4)30-85(71,72)73)48(41-23-39-34(31-86(74,75)76)27-53(5,6)59(9-2)43(39)25-45(41)79-44)36-15-10-11-16-37(36)50(62)56(7)21-13-17-46(60)54-20-12-14-32-28-57(51(63)55-49(32)61)47-19-18-35(78-47)29-77-83(67,68)81-84(69,70)80-82(64,65)66/h10-11,15-16,22-28,35,47H,8-9,13,17-21,29-31H2,1-7H3,(H7-,54,55,60,61,63,64,65,66,67,68,69,70,71,72,73,74,75,76)/p+1/t35-,47+/m0/s1. The summed E-state index contributed by atoms with van der Waals surface area (Å²) in [7, 11) is -24.4. The summed E-state index contributed by atoms with van der Waals surface area (Å²) in [6, 6.07) is 13.9. The van der Waals surface area contributed by atoms with Gasteiger partial charge in [-0.15, -0.1) is 0 Å². The summed E-state index contributed by atoms with van der Waals surface area (Å²) in [6.45, 7) is 11.7. The summed E-state index contributed by atoms with van der Waals surface area (Å²) in [4.78, 5) is 95.5. The fourth-order valence-electron chi connectivity index (χ4n) is 11.1. The lowest BCUT2D eigenvalue weighted by molar-refractivity contribution is -0.121. The third-order valence-corrected chi connectivity index (χ3v) is 19.6. The van der Waals surface area contributed by atoms with E-state index in [2.05, 4.69) is 44.8 Å². The molecule has 1 fully saturated rings. The minimum absolute atomic E-state index is 0.0731. The molecule has 86 heavy (non-hydrogen) atoms. The summed E-state index contributed by atoms with van der Waals surface area (Å²) < 4.78 is 133. The number of ether oxygens (including phenoxy) is 2. The van der Waals surface area contributed by atoms with E-state index >= 15 is 0 Å². The summed E-state index contributed by atoms with van der Waals surface area (Å²) in [6.07, 6.45) is 2.85. The summed E-state index contributed by atoms with van der Waals surface area (Å²) in [5, 5.41) is 3.69. The van der Waals surface area contributed by atoms with Crippen LogP contribution in [0, 0.1) is 11.8 Å². The van der Waals surface area contributed by atoms with Crippen molar-refractivity contribution in [3.63, 3.8) is 0 Å². The van der Waals surface area contributed by atoms with Crippen LogP contribution in [0.3, 0.4) is 0 Å². The molecule has 2 unspecified atom stereocenters. The van der Waals surface area contributed by atoms with E-state index in [9.17, 15) is 68.6 Å². The molecule has 33 heteroatoms. The normalized spacial score (nSPS) is 19.2. The number of hydrogen-bond donors (Lipinski definition) is 8. The molecule has 8 N–H and O–H groups in total. The number of H-pyrrole nitrogens is 1. The number of phosphoric acid groups is 3.